The van der Waals surface area contributed by atoms with E-state index >= 15 is 0 Å². The third-order valence-electron chi connectivity index (χ3n) is 4.14. The molecule has 0 aliphatic rings. The van der Waals surface area contributed by atoms with Crippen molar-refractivity contribution in [1.82, 2.24) is 15.1 Å². The van der Waals surface area contributed by atoms with E-state index in [1.807, 2.05) is 43.3 Å². The summed E-state index contributed by atoms with van der Waals surface area (Å²) < 4.78 is 1.33. The molecule has 0 unspecified atom stereocenters. The van der Waals surface area contributed by atoms with Gasteiger partial charge in [-0.15, -0.1) is 0 Å². The zero-order chi connectivity index (χ0) is 19.2. The highest BCUT2D eigenvalue weighted by molar-refractivity contribution is 6.30. The minimum absolute atomic E-state index is 0.149. The van der Waals surface area contributed by atoms with Crippen LogP contribution >= 0.6 is 11.6 Å². The molecule has 3 rings (SSSR count). The van der Waals surface area contributed by atoms with Gasteiger partial charge in [-0.2, -0.15) is 5.10 Å². The molecule has 0 saturated heterocycles. The molecular formula is C21H20ClN3O2. The van der Waals surface area contributed by atoms with Crippen molar-refractivity contribution in [2.24, 2.45) is 0 Å². The molecule has 1 aromatic heterocycles. The number of aryl methyl sites for hydroxylation is 2. The second-order valence-electron chi connectivity index (χ2n) is 6.30. The van der Waals surface area contributed by atoms with Gasteiger partial charge >= 0.3 is 0 Å². The van der Waals surface area contributed by atoms with Crippen molar-refractivity contribution in [1.29, 1.82) is 0 Å². The molecule has 6 heteroatoms. The van der Waals surface area contributed by atoms with Gasteiger partial charge in [0.15, 0.2) is 0 Å². The molecule has 1 N–H and O–H groups in total. The van der Waals surface area contributed by atoms with Crippen molar-refractivity contribution in [2.75, 3.05) is 0 Å². The van der Waals surface area contributed by atoms with Crippen LogP contribution in [0, 0.1) is 6.92 Å². The lowest BCUT2D eigenvalue weighted by molar-refractivity contribution is -0.121. The molecule has 5 nitrogen and oxygen atoms in total. The Morgan fingerprint density at radius 2 is 1.89 bits per heavy atom. The van der Waals surface area contributed by atoms with Gasteiger partial charge in [0.05, 0.1) is 12.2 Å². The van der Waals surface area contributed by atoms with Crippen molar-refractivity contribution in [3.63, 3.8) is 0 Å². The second kappa shape index (κ2) is 8.64. The number of halogens is 1. The van der Waals surface area contributed by atoms with E-state index in [1.54, 1.807) is 18.2 Å². The van der Waals surface area contributed by atoms with E-state index in [2.05, 4.69) is 10.4 Å². The minimum atomic E-state index is -0.228. The summed E-state index contributed by atoms with van der Waals surface area (Å²) in [6.07, 6.45) is 0.171. The Morgan fingerprint density at radius 3 is 2.63 bits per heavy atom. The lowest BCUT2D eigenvalue weighted by atomic mass is 10.1. The van der Waals surface area contributed by atoms with Crippen LogP contribution in [0.4, 0.5) is 0 Å². The Kier molecular flexibility index (Phi) is 6.04. The number of carbonyl (C=O) groups is 1. The third kappa shape index (κ3) is 5.28. The molecule has 0 aliphatic heterocycles. The first-order valence-electron chi connectivity index (χ1n) is 8.67. The van der Waals surface area contributed by atoms with Gasteiger partial charge in [0.2, 0.25) is 5.91 Å². The Hall–Kier alpha value is -2.92. The van der Waals surface area contributed by atoms with Crippen LogP contribution in [0.15, 0.2) is 65.5 Å². The number of nitrogens with zero attached hydrogens (tertiary/aromatic N) is 2. The highest BCUT2D eigenvalue weighted by Crippen LogP contribution is 2.16. The fourth-order valence-corrected chi connectivity index (χ4v) is 2.84. The number of rotatable bonds is 6. The quantitative estimate of drug-likeness (QED) is 0.709. The molecule has 1 amide bonds. The predicted octanol–water partition coefficient (Wildman–Crippen LogP) is 3.58. The second-order valence-corrected chi connectivity index (χ2v) is 6.74. The van der Waals surface area contributed by atoms with Crippen LogP contribution in [0.5, 0.6) is 0 Å². The summed E-state index contributed by atoms with van der Waals surface area (Å²) in [5, 5.41) is 7.84. The fraction of sp³-hybridized carbons (Fsp3) is 0.190. The molecule has 0 atom stereocenters. The van der Waals surface area contributed by atoms with Crippen LogP contribution in [0.1, 0.15) is 17.5 Å². The average molecular weight is 382 g/mol. The van der Waals surface area contributed by atoms with E-state index in [1.165, 1.54) is 10.7 Å². The fourth-order valence-electron chi connectivity index (χ4n) is 2.63. The number of aromatic nitrogens is 2. The van der Waals surface area contributed by atoms with Crippen LogP contribution in [0.2, 0.25) is 5.02 Å². The maximum atomic E-state index is 12.1. The van der Waals surface area contributed by atoms with Gasteiger partial charge in [-0.25, -0.2) is 4.68 Å². The van der Waals surface area contributed by atoms with Gasteiger partial charge in [-0.1, -0.05) is 53.6 Å². The molecular weight excluding hydrogens is 362 g/mol. The molecule has 0 spiro atoms. The van der Waals surface area contributed by atoms with Gasteiger partial charge < -0.3 is 5.32 Å². The number of amides is 1. The molecule has 0 saturated carbocycles. The first-order valence-corrected chi connectivity index (χ1v) is 9.05. The lowest BCUT2D eigenvalue weighted by Gasteiger charge is -2.08. The summed E-state index contributed by atoms with van der Waals surface area (Å²) in [5.41, 5.74) is 3.48. The number of hydrogen-bond acceptors (Lipinski definition) is 3. The normalized spacial score (nSPS) is 10.6. The minimum Gasteiger partial charge on any atom is -0.352 e. The van der Waals surface area contributed by atoms with Gasteiger partial charge in [0.25, 0.3) is 5.56 Å². The van der Waals surface area contributed by atoms with Crippen molar-refractivity contribution in [3.8, 4) is 11.3 Å². The SMILES string of the molecule is Cc1ccc(-c2ccc(=O)n(CCC(=O)NCc3cccc(Cl)c3)n2)cc1. The Labute approximate surface area is 162 Å². The number of nitrogens with one attached hydrogen (secondary N) is 1. The molecule has 138 valence electrons. The Balaban J connectivity index is 1.61. The van der Waals surface area contributed by atoms with E-state index in [0.717, 1.165) is 16.7 Å². The highest BCUT2D eigenvalue weighted by atomic mass is 35.5. The van der Waals surface area contributed by atoms with E-state index in [9.17, 15) is 9.59 Å². The zero-order valence-electron chi connectivity index (χ0n) is 15.0. The van der Waals surface area contributed by atoms with E-state index in [0.29, 0.717) is 17.3 Å². The maximum absolute atomic E-state index is 12.1. The summed E-state index contributed by atoms with van der Waals surface area (Å²) in [6, 6.07) is 18.4. The molecule has 27 heavy (non-hydrogen) atoms. The van der Waals surface area contributed by atoms with Crippen LogP contribution < -0.4 is 10.9 Å². The standard InChI is InChI=1S/C21H20ClN3O2/c1-15-5-7-17(8-6-15)19-9-10-21(27)25(24-19)12-11-20(26)23-14-16-3-2-4-18(22)13-16/h2-10,13H,11-12,14H2,1H3,(H,23,26). The lowest BCUT2D eigenvalue weighted by Crippen LogP contribution is -2.28. The van der Waals surface area contributed by atoms with E-state index in [4.69, 9.17) is 11.6 Å². The van der Waals surface area contributed by atoms with Crippen molar-refractivity contribution in [2.45, 2.75) is 26.4 Å². The Morgan fingerprint density at radius 1 is 1.11 bits per heavy atom. The van der Waals surface area contributed by atoms with Crippen molar-refractivity contribution < 1.29 is 4.79 Å². The van der Waals surface area contributed by atoms with E-state index in [-0.39, 0.29) is 24.4 Å². The van der Waals surface area contributed by atoms with Gasteiger partial charge in [-0.05, 0) is 30.7 Å². The maximum Gasteiger partial charge on any atom is 0.266 e. The van der Waals surface area contributed by atoms with Crippen LogP contribution in [-0.2, 0) is 17.9 Å². The Bertz CT molecular complexity index is 997. The van der Waals surface area contributed by atoms with Gasteiger partial charge in [-0.3, -0.25) is 9.59 Å². The summed E-state index contributed by atoms with van der Waals surface area (Å²) in [5.74, 6) is -0.149. The van der Waals surface area contributed by atoms with E-state index < -0.39 is 0 Å². The monoisotopic (exact) mass is 381 g/mol. The third-order valence-corrected chi connectivity index (χ3v) is 4.38. The molecule has 0 fully saturated rings. The molecule has 0 bridgehead atoms. The summed E-state index contributed by atoms with van der Waals surface area (Å²) >= 11 is 5.93. The number of hydrogen-bond donors (Lipinski definition) is 1. The topological polar surface area (TPSA) is 64.0 Å². The molecule has 0 aliphatic carbocycles. The average Bonchev–Trinajstić information content (AvgIpc) is 2.66. The van der Waals surface area contributed by atoms with Gasteiger partial charge in [0, 0.05) is 29.6 Å². The molecule has 2 aromatic carbocycles. The van der Waals surface area contributed by atoms with Crippen LogP contribution in [0.3, 0.4) is 0 Å². The van der Waals surface area contributed by atoms with Crippen LogP contribution in [0.25, 0.3) is 11.3 Å². The van der Waals surface area contributed by atoms with Crippen molar-refractivity contribution in [3.05, 3.63) is 87.2 Å². The summed E-state index contributed by atoms with van der Waals surface area (Å²) in [4.78, 5) is 24.1. The first kappa shape index (κ1) is 18.9. The van der Waals surface area contributed by atoms with Crippen LogP contribution in [-0.4, -0.2) is 15.7 Å². The first-order chi connectivity index (χ1) is 13.0. The molecule has 1 heterocycles. The molecule has 0 radical (unpaired) electrons. The van der Waals surface area contributed by atoms with Crippen molar-refractivity contribution >= 4 is 17.5 Å². The molecule has 3 aromatic rings. The predicted molar refractivity (Wildman–Crippen MR) is 107 cm³/mol. The largest absolute Gasteiger partial charge is 0.352 e. The number of benzene rings is 2. The highest BCUT2D eigenvalue weighted by Gasteiger charge is 2.07. The summed E-state index contributed by atoms with van der Waals surface area (Å²) in [7, 11) is 0. The number of carbonyl (C=O) groups excluding carboxylic acids is 1. The summed E-state index contributed by atoms with van der Waals surface area (Å²) in [6.45, 7) is 2.63. The van der Waals surface area contributed by atoms with Gasteiger partial charge in [0.1, 0.15) is 0 Å². The smallest absolute Gasteiger partial charge is 0.266 e. The zero-order valence-corrected chi connectivity index (χ0v) is 15.7.